The van der Waals surface area contributed by atoms with E-state index in [0.717, 1.165) is 30.8 Å². The van der Waals surface area contributed by atoms with Crippen LogP contribution in [0, 0.1) is 11.8 Å². The molecule has 1 N–H and O–H groups in total. The van der Waals surface area contributed by atoms with Gasteiger partial charge in [0.05, 0.1) is 18.0 Å². The first-order chi connectivity index (χ1) is 15.4. The van der Waals surface area contributed by atoms with Crippen molar-refractivity contribution < 1.29 is 23.6 Å². The Bertz CT molecular complexity index is 950. The summed E-state index contributed by atoms with van der Waals surface area (Å²) in [6, 6.07) is 12.0. The van der Waals surface area contributed by atoms with E-state index in [0.29, 0.717) is 29.1 Å². The van der Waals surface area contributed by atoms with Crippen LogP contribution in [0.4, 0.5) is 0 Å². The number of ether oxygens (including phenoxy) is 1. The van der Waals surface area contributed by atoms with Crippen LogP contribution < -0.4 is 5.32 Å². The third-order valence-electron chi connectivity index (χ3n) is 6.83. The highest BCUT2D eigenvalue weighted by Gasteiger charge is 2.49. The molecule has 1 aromatic heterocycles. The van der Waals surface area contributed by atoms with E-state index in [-0.39, 0.29) is 29.7 Å². The molecule has 1 aromatic carbocycles. The molecule has 6 nitrogen and oxygen atoms in total. The number of thiophene rings is 1. The first-order valence-corrected chi connectivity index (χ1v) is 12.2. The van der Waals surface area contributed by atoms with Gasteiger partial charge in [0.25, 0.3) is 5.91 Å². The summed E-state index contributed by atoms with van der Waals surface area (Å²) in [6.07, 6.45) is 1.70. The number of Topliss-reactive ketones (excluding diaryl/α,β-unsaturated/α-hetero) is 1. The highest BCUT2D eigenvalue weighted by molar-refractivity contribution is 7.12. The van der Waals surface area contributed by atoms with Crippen LogP contribution in [0.5, 0.6) is 0 Å². The summed E-state index contributed by atoms with van der Waals surface area (Å²) in [4.78, 5) is 39.3. The number of ketones is 1. The van der Waals surface area contributed by atoms with Gasteiger partial charge in [-0.2, -0.15) is 0 Å². The Hall–Kier alpha value is -2.51. The largest absolute Gasteiger partial charge is 0.455 e. The normalized spacial score (nSPS) is 25.3. The van der Waals surface area contributed by atoms with Crippen LogP contribution in [-0.2, 0) is 9.53 Å². The molecular formula is C25H31N2O4S+. The molecular weight excluding hydrogens is 424 g/mol. The van der Waals surface area contributed by atoms with Crippen molar-refractivity contribution in [1.82, 2.24) is 5.32 Å². The second-order valence-corrected chi connectivity index (χ2v) is 10.4. The molecule has 0 aliphatic carbocycles. The van der Waals surface area contributed by atoms with Gasteiger partial charge < -0.3 is 14.5 Å². The van der Waals surface area contributed by atoms with Gasteiger partial charge in [0.15, 0.2) is 6.10 Å². The average molecular weight is 456 g/mol. The molecule has 2 bridgehead atoms. The van der Waals surface area contributed by atoms with Crippen LogP contribution in [0.3, 0.4) is 0 Å². The minimum absolute atomic E-state index is 0.0974. The van der Waals surface area contributed by atoms with Crippen molar-refractivity contribution in [3.8, 4) is 0 Å². The smallest absolute Gasteiger partial charge is 0.329 e. The average Bonchev–Trinajstić information content (AvgIpc) is 3.33. The van der Waals surface area contributed by atoms with Crippen molar-refractivity contribution in [2.45, 2.75) is 38.8 Å². The molecule has 0 saturated carbocycles. The number of carbonyl (C=O) groups excluding carboxylic acids is 3. The number of piperidine rings is 3. The third-order valence-corrected chi connectivity index (χ3v) is 7.74. The number of esters is 1. The van der Waals surface area contributed by atoms with Gasteiger partial charge in [0, 0.05) is 24.3 Å². The van der Waals surface area contributed by atoms with Crippen molar-refractivity contribution in [1.29, 1.82) is 0 Å². The SMILES string of the molecule is CC(C)C(NC(=O)c1ccccc1)C(=O)O[C@H]1C[N+]2(CC(=O)c3cccs3)CCC1CC2. The highest BCUT2D eigenvalue weighted by Crippen LogP contribution is 2.36. The monoisotopic (exact) mass is 455 g/mol. The molecule has 1 amide bonds. The molecule has 3 aliphatic heterocycles. The fourth-order valence-electron chi connectivity index (χ4n) is 4.93. The van der Waals surface area contributed by atoms with Crippen LogP contribution in [0.2, 0.25) is 0 Å². The lowest BCUT2D eigenvalue weighted by Crippen LogP contribution is -2.66. The Labute approximate surface area is 193 Å². The van der Waals surface area contributed by atoms with E-state index < -0.39 is 6.04 Å². The summed E-state index contributed by atoms with van der Waals surface area (Å²) in [5.74, 6) is -0.264. The number of nitrogens with one attached hydrogen (secondary N) is 1. The second kappa shape index (κ2) is 9.55. The number of benzene rings is 1. The summed E-state index contributed by atoms with van der Waals surface area (Å²) in [5.41, 5.74) is 0.519. The van der Waals surface area contributed by atoms with Crippen molar-refractivity contribution in [3.05, 3.63) is 58.3 Å². The van der Waals surface area contributed by atoms with Crippen LogP contribution in [0.25, 0.3) is 0 Å². The number of quaternary nitrogens is 1. The van der Waals surface area contributed by atoms with E-state index in [1.54, 1.807) is 24.3 Å². The predicted octanol–water partition coefficient (Wildman–Crippen LogP) is 3.54. The fraction of sp³-hybridized carbons (Fsp3) is 0.480. The zero-order valence-electron chi connectivity index (χ0n) is 18.7. The zero-order valence-corrected chi connectivity index (χ0v) is 19.5. The summed E-state index contributed by atoms with van der Waals surface area (Å²) in [7, 11) is 0. The minimum atomic E-state index is -0.709. The van der Waals surface area contributed by atoms with E-state index in [9.17, 15) is 14.4 Å². The molecule has 32 heavy (non-hydrogen) atoms. The van der Waals surface area contributed by atoms with Gasteiger partial charge in [0.1, 0.15) is 19.1 Å². The lowest BCUT2D eigenvalue weighted by molar-refractivity contribution is -0.938. The first kappa shape index (κ1) is 22.7. The number of rotatable bonds is 8. The topological polar surface area (TPSA) is 72.5 Å². The van der Waals surface area contributed by atoms with Gasteiger partial charge in [-0.05, 0) is 29.5 Å². The van der Waals surface area contributed by atoms with E-state index in [2.05, 4.69) is 5.32 Å². The summed E-state index contributed by atoms with van der Waals surface area (Å²) in [5, 5.41) is 4.78. The maximum atomic E-state index is 13.1. The standard InChI is InChI=1S/C25H30N2O4S/c1-17(2)23(26-24(29)19-7-4-3-5-8-19)25(30)31-21-16-27(12-10-18(21)11-13-27)15-20(28)22-9-6-14-32-22/h3-9,14,17-18,21,23H,10-13,15-16H2,1-2H3/p+1/t18?,21-,23?,27?/m0/s1. The van der Waals surface area contributed by atoms with Gasteiger partial charge in [-0.15, -0.1) is 11.3 Å². The Morgan fingerprint density at radius 1 is 1.09 bits per heavy atom. The number of hydrogen-bond acceptors (Lipinski definition) is 5. The maximum absolute atomic E-state index is 13.1. The molecule has 3 aliphatic rings. The Kier molecular flexibility index (Phi) is 6.76. The number of amides is 1. The Morgan fingerprint density at radius 3 is 2.44 bits per heavy atom. The van der Waals surface area contributed by atoms with Crippen molar-refractivity contribution >= 4 is 29.0 Å². The second-order valence-electron chi connectivity index (χ2n) is 9.40. The van der Waals surface area contributed by atoms with Crippen molar-refractivity contribution in [2.75, 3.05) is 26.2 Å². The molecule has 7 heteroatoms. The molecule has 4 heterocycles. The molecule has 3 saturated heterocycles. The van der Waals surface area contributed by atoms with Gasteiger partial charge in [-0.25, -0.2) is 4.79 Å². The van der Waals surface area contributed by atoms with Crippen LogP contribution in [0.1, 0.15) is 46.7 Å². The highest BCUT2D eigenvalue weighted by atomic mass is 32.1. The quantitative estimate of drug-likeness (QED) is 0.375. The summed E-state index contributed by atoms with van der Waals surface area (Å²) >= 11 is 1.48. The molecule has 170 valence electrons. The van der Waals surface area contributed by atoms with Crippen molar-refractivity contribution in [3.63, 3.8) is 0 Å². The molecule has 3 fully saturated rings. The Morgan fingerprint density at radius 2 is 1.81 bits per heavy atom. The van der Waals surface area contributed by atoms with Gasteiger partial charge >= 0.3 is 5.97 Å². The Balaban J connectivity index is 1.41. The molecule has 2 aromatic rings. The minimum Gasteiger partial charge on any atom is -0.455 e. The zero-order chi connectivity index (χ0) is 22.7. The van der Waals surface area contributed by atoms with Crippen LogP contribution in [-0.4, -0.2) is 60.5 Å². The van der Waals surface area contributed by atoms with Gasteiger partial charge in [-0.1, -0.05) is 38.1 Å². The van der Waals surface area contributed by atoms with Gasteiger partial charge in [0.2, 0.25) is 5.78 Å². The predicted molar refractivity (Wildman–Crippen MR) is 124 cm³/mol. The molecule has 0 spiro atoms. The third kappa shape index (κ3) is 4.94. The van der Waals surface area contributed by atoms with Crippen LogP contribution >= 0.6 is 11.3 Å². The van der Waals surface area contributed by atoms with Crippen LogP contribution in [0.15, 0.2) is 47.8 Å². The van der Waals surface area contributed by atoms with E-state index in [4.69, 9.17) is 4.74 Å². The van der Waals surface area contributed by atoms with Crippen molar-refractivity contribution in [2.24, 2.45) is 11.8 Å². The lowest BCUT2D eigenvalue weighted by Gasteiger charge is -2.51. The molecule has 1 unspecified atom stereocenters. The van der Waals surface area contributed by atoms with E-state index >= 15 is 0 Å². The maximum Gasteiger partial charge on any atom is 0.329 e. The number of nitrogens with zero attached hydrogens (tertiary/aromatic N) is 1. The van der Waals surface area contributed by atoms with Gasteiger partial charge in [-0.3, -0.25) is 9.59 Å². The number of hydrogen-bond donors (Lipinski definition) is 1. The summed E-state index contributed by atoms with van der Waals surface area (Å²) < 4.78 is 6.69. The van der Waals surface area contributed by atoms with E-state index in [1.165, 1.54) is 11.3 Å². The summed E-state index contributed by atoms with van der Waals surface area (Å²) in [6.45, 7) is 6.84. The molecule has 2 atom stereocenters. The number of fused-ring (bicyclic) bond motifs is 3. The first-order valence-electron chi connectivity index (χ1n) is 11.3. The molecule has 5 rings (SSSR count). The fourth-order valence-corrected chi connectivity index (χ4v) is 5.59. The lowest BCUT2D eigenvalue weighted by atomic mass is 9.83. The molecule has 0 radical (unpaired) electrons. The van der Waals surface area contributed by atoms with E-state index in [1.807, 2.05) is 37.4 Å². The number of carbonyl (C=O) groups is 3.